The average Bonchev–Trinajstić information content (AvgIpc) is 3.94. The molecule has 16 rings (SSSR count). The van der Waals surface area contributed by atoms with Gasteiger partial charge in [0.1, 0.15) is 46.0 Å². The third-order valence-corrected chi connectivity index (χ3v) is 15.9. The van der Waals surface area contributed by atoms with E-state index in [4.69, 9.17) is 18.9 Å². The van der Waals surface area contributed by atoms with Gasteiger partial charge in [-0.05, 0) is 111 Å². The van der Waals surface area contributed by atoms with Crippen LogP contribution in [0.4, 0.5) is 0 Å². The van der Waals surface area contributed by atoms with Gasteiger partial charge < -0.3 is 23.5 Å². The molecule has 4 aliphatic rings. The van der Waals surface area contributed by atoms with Crippen molar-refractivity contribution in [3.63, 3.8) is 0 Å². The van der Waals surface area contributed by atoms with Crippen LogP contribution in [0.2, 0.25) is 0 Å². The molecule has 0 bridgehead atoms. The highest BCUT2D eigenvalue weighted by molar-refractivity contribution is 7.27. The fraction of sp³-hybridized carbons (Fsp3) is 0. The van der Waals surface area contributed by atoms with E-state index in [2.05, 4.69) is 205 Å². The maximum Gasteiger partial charge on any atom is 0.260 e. The zero-order valence-corrected chi connectivity index (χ0v) is 37.0. The Bertz CT molecular complexity index is 4050. The molecular formula is C60H33B2NO4S. The molecule has 12 aromatic rings. The molecule has 0 aliphatic carbocycles. The SMILES string of the molecule is c1ccc(-n2c3ccccc3c3cc(-c4cc5c6c(c4)Oc4ccccc4B6c4ccccc4O5)c4sc5c(-c6cc7c8c(c6)Oc6ccccc6B8c6ccccc6O7)cccc5c4c32)cc1. The summed E-state index contributed by atoms with van der Waals surface area (Å²) >= 11 is 1.84. The number of aromatic nitrogens is 1. The first-order chi connectivity index (χ1) is 33.7. The first-order valence-corrected chi connectivity index (χ1v) is 23.9. The molecule has 0 fully saturated rings. The number of hydrogen-bond donors (Lipinski definition) is 0. The Kier molecular flexibility index (Phi) is 7.33. The Labute approximate surface area is 395 Å². The number of fused-ring (bicyclic) bond motifs is 15. The zero-order chi connectivity index (χ0) is 44.2. The van der Waals surface area contributed by atoms with E-state index in [0.29, 0.717) is 0 Å². The van der Waals surface area contributed by atoms with Crippen LogP contribution in [0.25, 0.3) is 69.9 Å². The molecule has 0 saturated heterocycles. The molecule has 8 heteroatoms. The summed E-state index contributed by atoms with van der Waals surface area (Å²) in [6.07, 6.45) is 0. The summed E-state index contributed by atoms with van der Waals surface area (Å²) in [7, 11) is 0. The number of rotatable bonds is 3. The Balaban J connectivity index is 0.984. The van der Waals surface area contributed by atoms with Crippen molar-refractivity contribution in [1.29, 1.82) is 0 Å². The van der Waals surface area contributed by atoms with Crippen molar-refractivity contribution >= 4 is 99.5 Å². The number of nitrogens with zero attached hydrogens (tertiary/aromatic N) is 1. The summed E-state index contributed by atoms with van der Waals surface area (Å²) in [5.41, 5.74) is 14.5. The predicted molar refractivity (Wildman–Crippen MR) is 280 cm³/mol. The summed E-state index contributed by atoms with van der Waals surface area (Å²) in [6, 6.07) is 71.3. The van der Waals surface area contributed by atoms with Crippen LogP contribution < -0.4 is 51.7 Å². The van der Waals surface area contributed by atoms with Gasteiger partial charge in [-0.25, -0.2) is 0 Å². The van der Waals surface area contributed by atoms with Crippen LogP contribution in [0.3, 0.4) is 0 Å². The molecule has 0 saturated carbocycles. The highest BCUT2D eigenvalue weighted by Crippen LogP contribution is 2.51. The van der Waals surface area contributed by atoms with Crippen molar-refractivity contribution in [2.45, 2.75) is 0 Å². The average molecular weight is 886 g/mol. The zero-order valence-electron chi connectivity index (χ0n) is 36.2. The van der Waals surface area contributed by atoms with Gasteiger partial charge in [0.15, 0.2) is 0 Å². The molecule has 10 aromatic carbocycles. The lowest BCUT2D eigenvalue weighted by molar-refractivity contribution is 0.464. The van der Waals surface area contributed by atoms with Gasteiger partial charge in [-0.3, -0.25) is 0 Å². The van der Waals surface area contributed by atoms with Crippen LogP contribution >= 0.6 is 11.3 Å². The number of ether oxygens (including phenoxy) is 4. The molecule has 0 spiro atoms. The lowest BCUT2D eigenvalue weighted by atomic mass is 9.35. The predicted octanol–water partition coefficient (Wildman–Crippen LogP) is 11.9. The van der Waals surface area contributed by atoms with Gasteiger partial charge in [0.05, 0.1) is 11.0 Å². The van der Waals surface area contributed by atoms with Gasteiger partial charge in [0.2, 0.25) is 0 Å². The molecule has 6 heterocycles. The molecule has 5 nitrogen and oxygen atoms in total. The molecule has 0 N–H and O–H groups in total. The summed E-state index contributed by atoms with van der Waals surface area (Å²) in [6.45, 7) is 0.00101. The maximum absolute atomic E-state index is 6.89. The fourth-order valence-electron chi connectivity index (χ4n) is 11.8. The van der Waals surface area contributed by atoms with Crippen LogP contribution in [-0.4, -0.2) is 18.0 Å². The van der Waals surface area contributed by atoms with Crippen LogP contribution in [-0.2, 0) is 0 Å². The third-order valence-electron chi connectivity index (χ3n) is 14.6. The van der Waals surface area contributed by atoms with Gasteiger partial charge in [0, 0.05) is 53.1 Å². The van der Waals surface area contributed by atoms with Gasteiger partial charge in [-0.15, -0.1) is 11.3 Å². The Morgan fingerprint density at radius 2 is 0.809 bits per heavy atom. The van der Waals surface area contributed by atoms with Gasteiger partial charge in [-0.2, -0.15) is 0 Å². The first-order valence-electron chi connectivity index (χ1n) is 23.1. The number of hydrogen-bond acceptors (Lipinski definition) is 5. The van der Waals surface area contributed by atoms with E-state index >= 15 is 0 Å². The van der Waals surface area contributed by atoms with Crippen molar-refractivity contribution in [2.75, 3.05) is 0 Å². The molecule has 0 atom stereocenters. The lowest BCUT2D eigenvalue weighted by Gasteiger charge is -2.33. The Morgan fingerprint density at radius 1 is 0.353 bits per heavy atom. The van der Waals surface area contributed by atoms with Gasteiger partial charge in [0.25, 0.3) is 13.4 Å². The quantitative estimate of drug-likeness (QED) is 0.166. The van der Waals surface area contributed by atoms with E-state index in [9.17, 15) is 0 Å². The summed E-state index contributed by atoms with van der Waals surface area (Å²) in [5.74, 6) is 6.79. The van der Waals surface area contributed by atoms with Crippen LogP contribution in [0.15, 0.2) is 200 Å². The second-order valence-electron chi connectivity index (χ2n) is 18.2. The minimum atomic E-state index is -0.00535. The van der Waals surface area contributed by atoms with E-state index in [0.717, 1.165) is 112 Å². The smallest absolute Gasteiger partial charge is 0.260 e. The van der Waals surface area contributed by atoms with Crippen molar-refractivity contribution in [1.82, 2.24) is 4.57 Å². The molecule has 0 radical (unpaired) electrons. The van der Waals surface area contributed by atoms with Gasteiger partial charge >= 0.3 is 0 Å². The normalized spacial score (nSPS) is 13.4. The van der Waals surface area contributed by atoms with Crippen LogP contribution in [0, 0.1) is 0 Å². The van der Waals surface area contributed by atoms with E-state index in [-0.39, 0.29) is 13.4 Å². The molecule has 0 unspecified atom stereocenters. The van der Waals surface area contributed by atoms with Gasteiger partial charge in [-0.1, -0.05) is 127 Å². The minimum Gasteiger partial charge on any atom is -0.458 e. The lowest BCUT2D eigenvalue weighted by Crippen LogP contribution is -2.57. The second-order valence-corrected chi connectivity index (χ2v) is 19.2. The highest BCUT2D eigenvalue weighted by Gasteiger charge is 2.42. The summed E-state index contributed by atoms with van der Waals surface area (Å²) in [5, 5.41) is 4.77. The standard InChI is InChI=1S/C60H33B2NO4S/c1-2-15-36(16-3-1)63-46-24-9-4-17-38(46)41-33-40(35-31-53-57-54(32-35)67-50-28-13-8-23-45(50)62(57)44-22-7-12-27-49(44)66-53)60-55(58(41)63)39-19-14-18-37(59(39)68-60)34-29-51-56-52(30-34)65-48-26-11-6-21-43(48)61(56)42-20-5-10-25-47(42)64-51/h1-33H. The summed E-state index contributed by atoms with van der Waals surface area (Å²) in [4.78, 5) is 0. The summed E-state index contributed by atoms with van der Waals surface area (Å²) < 4.78 is 32.3. The molecule has 0 amide bonds. The topological polar surface area (TPSA) is 41.9 Å². The monoisotopic (exact) mass is 885 g/mol. The van der Waals surface area contributed by atoms with Crippen molar-refractivity contribution in [3.8, 4) is 73.9 Å². The molecule has 4 aliphatic heterocycles. The first kappa shape index (κ1) is 36.7. The fourth-order valence-corrected chi connectivity index (χ4v) is 13.2. The largest absolute Gasteiger partial charge is 0.458 e. The minimum absolute atomic E-state index is 0.00535. The van der Waals surface area contributed by atoms with Crippen molar-refractivity contribution < 1.29 is 18.9 Å². The third kappa shape index (κ3) is 4.96. The molecular weight excluding hydrogens is 852 g/mol. The number of para-hydroxylation sites is 6. The van der Waals surface area contributed by atoms with Crippen LogP contribution in [0.1, 0.15) is 0 Å². The van der Waals surface area contributed by atoms with Crippen molar-refractivity contribution in [2.24, 2.45) is 0 Å². The highest BCUT2D eigenvalue weighted by atomic mass is 32.1. The number of thiophene rings is 1. The second kappa shape index (κ2) is 13.6. The van der Waals surface area contributed by atoms with Crippen molar-refractivity contribution in [3.05, 3.63) is 200 Å². The molecule has 68 heavy (non-hydrogen) atoms. The van der Waals surface area contributed by atoms with E-state index < -0.39 is 0 Å². The Hall–Kier alpha value is -8.45. The van der Waals surface area contributed by atoms with E-state index in [1.165, 1.54) is 36.5 Å². The maximum atomic E-state index is 6.89. The van der Waals surface area contributed by atoms with Crippen LogP contribution in [0.5, 0.6) is 46.0 Å². The molecule has 2 aromatic heterocycles. The van der Waals surface area contributed by atoms with E-state index in [1.807, 2.05) is 11.3 Å². The Morgan fingerprint density at radius 3 is 1.35 bits per heavy atom. The molecule has 314 valence electrons. The number of benzene rings is 10. The van der Waals surface area contributed by atoms with E-state index in [1.54, 1.807) is 0 Å².